The second-order valence-electron chi connectivity index (χ2n) is 8.18. The van der Waals surface area contributed by atoms with Crippen LogP contribution in [0.1, 0.15) is 50.5 Å². The van der Waals surface area contributed by atoms with Crippen molar-refractivity contribution < 1.29 is 4.79 Å². The molecule has 154 valence electrons. The number of aromatic nitrogens is 1. The first-order valence-electron chi connectivity index (χ1n) is 10.6. The maximum atomic E-state index is 12.8. The van der Waals surface area contributed by atoms with Crippen LogP contribution >= 0.6 is 11.6 Å². The summed E-state index contributed by atoms with van der Waals surface area (Å²) < 4.78 is 0. The van der Waals surface area contributed by atoms with Gasteiger partial charge in [0.1, 0.15) is 5.82 Å². The number of amides is 2. The van der Waals surface area contributed by atoms with Gasteiger partial charge in [0, 0.05) is 37.6 Å². The number of halogens is 1. The molecule has 6 heteroatoms. The number of piperazine rings is 1. The monoisotopic (exact) mass is 412 g/mol. The summed E-state index contributed by atoms with van der Waals surface area (Å²) in [4.78, 5) is 21.3. The quantitative estimate of drug-likeness (QED) is 0.721. The van der Waals surface area contributed by atoms with Crippen molar-refractivity contribution in [3.8, 4) is 0 Å². The molecule has 5 nitrogen and oxygen atoms in total. The van der Waals surface area contributed by atoms with Gasteiger partial charge >= 0.3 is 6.03 Å². The molecule has 4 rings (SSSR count). The molecule has 1 aromatic carbocycles. The lowest BCUT2D eigenvalue weighted by molar-refractivity contribution is 0.184. The predicted molar refractivity (Wildman–Crippen MR) is 119 cm³/mol. The third kappa shape index (κ3) is 4.67. The van der Waals surface area contributed by atoms with Crippen molar-refractivity contribution in [2.45, 2.75) is 51.0 Å². The van der Waals surface area contributed by atoms with Gasteiger partial charge in [-0.1, -0.05) is 43.0 Å². The Bertz CT molecular complexity index is 835. The normalized spacial score (nSPS) is 20.6. The van der Waals surface area contributed by atoms with E-state index >= 15 is 0 Å². The molecule has 2 aromatic rings. The minimum Gasteiger partial charge on any atom is -0.352 e. The molecule has 29 heavy (non-hydrogen) atoms. The molecule has 2 aliphatic rings. The van der Waals surface area contributed by atoms with Gasteiger partial charge in [-0.05, 0) is 55.5 Å². The van der Waals surface area contributed by atoms with E-state index in [-0.39, 0.29) is 12.1 Å². The molecule has 2 amide bonds. The van der Waals surface area contributed by atoms with E-state index in [9.17, 15) is 4.79 Å². The van der Waals surface area contributed by atoms with E-state index in [1.165, 1.54) is 37.7 Å². The van der Waals surface area contributed by atoms with E-state index in [4.69, 9.17) is 11.6 Å². The fraction of sp³-hybridized carbons (Fsp3) is 0.478. The molecule has 1 atom stereocenters. The molecule has 2 fully saturated rings. The molecule has 0 spiro atoms. The number of carbonyl (C=O) groups excluding carboxylic acids is 1. The summed E-state index contributed by atoms with van der Waals surface area (Å²) in [6.45, 7) is 4.13. The highest BCUT2D eigenvalue weighted by Gasteiger charge is 2.29. The van der Waals surface area contributed by atoms with Gasteiger partial charge < -0.3 is 15.1 Å². The van der Waals surface area contributed by atoms with Crippen molar-refractivity contribution in [2.24, 2.45) is 0 Å². The van der Waals surface area contributed by atoms with E-state index in [0.29, 0.717) is 24.0 Å². The van der Waals surface area contributed by atoms with E-state index in [2.05, 4.69) is 34.3 Å². The van der Waals surface area contributed by atoms with Crippen LogP contribution in [-0.4, -0.2) is 41.6 Å². The Labute approximate surface area is 178 Å². The molecule has 2 heterocycles. The number of hydrogen-bond donors (Lipinski definition) is 1. The minimum atomic E-state index is -0.0466. The Morgan fingerprint density at radius 1 is 1.10 bits per heavy atom. The van der Waals surface area contributed by atoms with Gasteiger partial charge in [-0.25, -0.2) is 9.78 Å². The van der Waals surface area contributed by atoms with Crippen LogP contribution in [0.3, 0.4) is 0 Å². The zero-order chi connectivity index (χ0) is 20.2. The maximum absolute atomic E-state index is 12.8. The molecule has 1 unspecified atom stereocenters. The summed E-state index contributed by atoms with van der Waals surface area (Å²) in [6, 6.07) is 12.1. The summed E-state index contributed by atoms with van der Waals surface area (Å²) >= 11 is 6.28. The summed E-state index contributed by atoms with van der Waals surface area (Å²) in [5.74, 6) is 1.47. The van der Waals surface area contributed by atoms with E-state index in [1.54, 1.807) is 6.20 Å². The average molecular weight is 413 g/mol. The molecule has 0 radical (unpaired) electrons. The zero-order valence-corrected chi connectivity index (χ0v) is 17.7. The number of urea groups is 1. The lowest BCUT2D eigenvalue weighted by atomic mass is 9.84. The lowest BCUT2D eigenvalue weighted by Gasteiger charge is -2.40. The van der Waals surface area contributed by atoms with Gasteiger partial charge in [0.15, 0.2) is 0 Å². The van der Waals surface area contributed by atoms with E-state index in [1.807, 2.05) is 29.2 Å². The first-order chi connectivity index (χ1) is 14.1. The summed E-state index contributed by atoms with van der Waals surface area (Å²) in [5, 5.41) is 3.71. The molecule has 0 bridgehead atoms. The minimum absolute atomic E-state index is 0.0466. The molecule has 1 N–H and O–H groups in total. The number of rotatable bonds is 3. The largest absolute Gasteiger partial charge is 0.352 e. The van der Waals surface area contributed by atoms with Crippen LogP contribution in [0.2, 0.25) is 5.02 Å². The third-order valence-electron chi connectivity index (χ3n) is 6.17. The highest BCUT2D eigenvalue weighted by molar-refractivity contribution is 6.32. The highest BCUT2D eigenvalue weighted by Crippen LogP contribution is 2.33. The Balaban J connectivity index is 1.35. The van der Waals surface area contributed by atoms with Gasteiger partial charge in [-0.3, -0.25) is 0 Å². The van der Waals surface area contributed by atoms with Crippen LogP contribution < -0.4 is 10.2 Å². The molecule has 1 aliphatic carbocycles. The molecular weight excluding hydrogens is 384 g/mol. The van der Waals surface area contributed by atoms with Crippen LogP contribution in [0.5, 0.6) is 0 Å². The number of hydrogen-bond acceptors (Lipinski definition) is 3. The van der Waals surface area contributed by atoms with Gasteiger partial charge in [-0.2, -0.15) is 0 Å². The second-order valence-corrected chi connectivity index (χ2v) is 8.59. The van der Waals surface area contributed by atoms with Gasteiger partial charge in [0.05, 0.1) is 5.02 Å². The first-order valence-corrected chi connectivity index (χ1v) is 11.0. The van der Waals surface area contributed by atoms with Gasteiger partial charge in [-0.15, -0.1) is 0 Å². The SMILES string of the molecule is CC1CN(c2ncccc2Cl)CCN1C(=O)Nc1ccc(C2CCCCC2)cc1. The third-order valence-corrected chi connectivity index (χ3v) is 6.46. The summed E-state index contributed by atoms with van der Waals surface area (Å²) in [5.41, 5.74) is 2.26. The van der Waals surface area contributed by atoms with Crippen LogP contribution in [-0.2, 0) is 0 Å². The van der Waals surface area contributed by atoms with Gasteiger partial charge in [0.2, 0.25) is 0 Å². The number of nitrogens with one attached hydrogen (secondary N) is 1. The Kier molecular flexibility index (Phi) is 6.24. The molecule has 1 aromatic heterocycles. The Hall–Kier alpha value is -2.27. The average Bonchev–Trinajstić information content (AvgIpc) is 2.75. The summed E-state index contributed by atoms with van der Waals surface area (Å²) in [7, 11) is 0. The predicted octanol–water partition coefficient (Wildman–Crippen LogP) is 5.53. The van der Waals surface area contributed by atoms with Crippen LogP contribution in [0.25, 0.3) is 0 Å². The molecule has 1 saturated heterocycles. The summed E-state index contributed by atoms with van der Waals surface area (Å²) in [6.07, 6.45) is 8.35. The van der Waals surface area contributed by atoms with Crippen LogP contribution in [0, 0.1) is 0 Å². The topological polar surface area (TPSA) is 48.5 Å². The highest BCUT2D eigenvalue weighted by atomic mass is 35.5. The fourth-order valence-corrected chi connectivity index (χ4v) is 4.77. The van der Waals surface area contributed by atoms with E-state index < -0.39 is 0 Å². The molecular formula is C23H29ClN4O. The first kappa shape index (κ1) is 20.0. The second kappa shape index (κ2) is 9.04. The van der Waals surface area contributed by atoms with Crippen molar-refractivity contribution in [1.82, 2.24) is 9.88 Å². The fourth-order valence-electron chi connectivity index (χ4n) is 4.53. The van der Waals surface area contributed by atoms with Crippen molar-refractivity contribution in [3.63, 3.8) is 0 Å². The van der Waals surface area contributed by atoms with Crippen LogP contribution in [0.15, 0.2) is 42.6 Å². The zero-order valence-electron chi connectivity index (χ0n) is 17.0. The standard InChI is InChI=1S/C23H29ClN4O/c1-17-16-27(22-21(24)8-5-13-25-22)14-15-28(17)23(29)26-20-11-9-19(10-12-20)18-6-3-2-4-7-18/h5,8-13,17-18H,2-4,6-7,14-16H2,1H3,(H,26,29). The number of pyridine rings is 1. The molecule has 1 aliphatic heterocycles. The Morgan fingerprint density at radius 2 is 1.86 bits per heavy atom. The van der Waals surface area contributed by atoms with E-state index in [0.717, 1.165) is 18.1 Å². The van der Waals surface area contributed by atoms with Crippen molar-refractivity contribution in [2.75, 3.05) is 29.9 Å². The number of nitrogens with zero attached hydrogens (tertiary/aromatic N) is 3. The smallest absolute Gasteiger partial charge is 0.322 e. The van der Waals surface area contributed by atoms with Crippen molar-refractivity contribution in [3.05, 3.63) is 53.2 Å². The lowest BCUT2D eigenvalue weighted by Crippen LogP contribution is -2.55. The molecule has 1 saturated carbocycles. The number of carbonyl (C=O) groups is 1. The maximum Gasteiger partial charge on any atom is 0.322 e. The van der Waals surface area contributed by atoms with Gasteiger partial charge in [0.25, 0.3) is 0 Å². The number of benzene rings is 1. The van der Waals surface area contributed by atoms with Crippen molar-refractivity contribution >= 4 is 29.1 Å². The Morgan fingerprint density at radius 3 is 2.55 bits per heavy atom. The van der Waals surface area contributed by atoms with Crippen LogP contribution in [0.4, 0.5) is 16.3 Å². The number of anilines is 2. The van der Waals surface area contributed by atoms with Crippen molar-refractivity contribution in [1.29, 1.82) is 0 Å².